The Morgan fingerprint density at radius 3 is 2.24 bits per heavy atom. The summed E-state index contributed by atoms with van der Waals surface area (Å²) in [4.78, 5) is 22.8. The van der Waals surface area contributed by atoms with Crippen LogP contribution in [0.3, 0.4) is 0 Å². The van der Waals surface area contributed by atoms with Crippen LogP contribution in [0.2, 0.25) is 0 Å². The van der Waals surface area contributed by atoms with E-state index in [0.29, 0.717) is 18.3 Å². The number of nitrogens with zero attached hydrogens (tertiary/aromatic N) is 4. The zero-order chi connectivity index (χ0) is 19.2. The van der Waals surface area contributed by atoms with Crippen LogP contribution < -0.4 is 10.3 Å². The molecule has 0 fully saturated rings. The molecule has 156 valence electrons. The van der Waals surface area contributed by atoms with Gasteiger partial charge in [-0.2, -0.15) is 4.98 Å². The standard InChI is InChI=1S/C21H24N4O2.2ClH/c1-24(2)15-17-6-4-16(5-7-17)10-13-27-21-23-19(14-20(26)25(21)3)18-8-11-22-12-9-18;;/h4-9,11-12,14H,10,13,15H2,1-3H3;2*1H. The average molecular weight is 437 g/mol. The maximum Gasteiger partial charge on any atom is 0.299 e. The topological polar surface area (TPSA) is 60.2 Å². The Balaban J connectivity index is 0.00000210. The highest BCUT2D eigenvalue weighted by molar-refractivity contribution is 5.85. The molecule has 0 unspecified atom stereocenters. The molecule has 0 bridgehead atoms. The molecule has 0 saturated heterocycles. The number of halogens is 2. The van der Waals surface area contributed by atoms with Crippen LogP contribution in [-0.2, 0) is 20.0 Å². The number of hydrogen-bond donors (Lipinski definition) is 0. The Morgan fingerprint density at radius 2 is 1.62 bits per heavy atom. The van der Waals surface area contributed by atoms with Crippen molar-refractivity contribution in [3.63, 3.8) is 0 Å². The first-order valence-corrected chi connectivity index (χ1v) is 8.87. The maximum atomic E-state index is 12.2. The van der Waals surface area contributed by atoms with E-state index in [-0.39, 0.29) is 30.4 Å². The largest absolute Gasteiger partial charge is 0.464 e. The maximum absolute atomic E-state index is 12.2. The van der Waals surface area contributed by atoms with Crippen molar-refractivity contribution in [3.8, 4) is 17.3 Å². The molecular weight excluding hydrogens is 411 g/mol. The molecule has 8 heteroatoms. The number of ether oxygens (including phenoxy) is 1. The van der Waals surface area contributed by atoms with Gasteiger partial charge in [0.05, 0.1) is 12.3 Å². The Morgan fingerprint density at radius 1 is 1.00 bits per heavy atom. The van der Waals surface area contributed by atoms with Gasteiger partial charge in [0.1, 0.15) is 0 Å². The van der Waals surface area contributed by atoms with Crippen LogP contribution in [0, 0.1) is 0 Å². The smallest absolute Gasteiger partial charge is 0.299 e. The van der Waals surface area contributed by atoms with Gasteiger partial charge in [0.15, 0.2) is 0 Å². The van der Waals surface area contributed by atoms with E-state index >= 15 is 0 Å². The lowest BCUT2D eigenvalue weighted by molar-refractivity contribution is 0.281. The van der Waals surface area contributed by atoms with Crippen molar-refractivity contribution >= 4 is 24.8 Å². The molecule has 29 heavy (non-hydrogen) atoms. The van der Waals surface area contributed by atoms with E-state index in [2.05, 4.69) is 53.2 Å². The quantitative estimate of drug-likeness (QED) is 0.567. The third-order valence-electron chi connectivity index (χ3n) is 4.21. The van der Waals surface area contributed by atoms with E-state index < -0.39 is 0 Å². The highest BCUT2D eigenvalue weighted by Gasteiger charge is 2.09. The van der Waals surface area contributed by atoms with Crippen molar-refractivity contribution in [1.82, 2.24) is 19.4 Å². The third-order valence-corrected chi connectivity index (χ3v) is 4.21. The first kappa shape index (κ1) is 24.6. The fourth-order valence-corrected chi connectivity index (χ4v) is 2.75. The molecule has 3 aromatic rings. The minimum Gasteiger partial charge on any atom is -0.464 e. The van der Waals surface area contributed by atoms with E-state index in [9.17, 15) is 4.79 Å². The van der Waals surface area contributed by atoms with Gasteiger partial charge in [-0.05, 0) is 37.4 Å². The number of pyridine rings is 1. The molecule has 0 aliphatic heterocycles. The van der Waals surface area contributed by atoms with Gasteiger partial charge in [0.25, 0.3) is 11.6 Å². The van der Waals surface area contributed by atoms with Gasteiger partial charge in [-0.25, -0.2) is 0 Å². The molecular formula is C21H26Cl2N4O2. The summed E-state index contributed by atoms with van der Waals surface area (Å²) < 4.78 is 7.23. The van der Waals surface area contributed by atoms with Crippen LogP contribution in [0.4, 0.5) is 0 Å². The van der Waals surface area contributed by atoms with E-state index in [1.54, 1.807) is 19.4 Å². The van der Waals surface area contributed by atoms with Crippen molar-refractivity contribution in [2.45, 2.75) is 13.0 Å². The zero-order valence-corrected chi connectivity index (χ0v) is 18.4. The van der Waals surface area contributed by atoms with Gasteiger partial charge in [0.2, 0.25) is 0 Å². The minimum absolute atomic E-state index is 0. The fourth-order valence-electron chi connectivity index (χ4n) is 2.75. The number of hydrogen-bond acceptors (Lipinski definition) is 5. The van der Waals surface area contributed by atoms with Crippen LogP contribution in [-0.4, -0.2) is 40.1 Å². The molecule has 0 N–H and O–H groups in total. The molecule has 0 aliphatic carbocycles. The summed E-state index contributed by atoms with van der Waals surface area (Å²) in [6.07, 6.45) is 4.10. The van der Waals surface area contributed by atoms with Gasteiger partial charge in [0, 0.05) is 44.0 Å². The Labute approximate surface area is 183 Å². The van der Waals surface area contributed by atoms with E-state index in [1.165, 1.54) is 21.8 Å². The molecule has 0 spiro atoms. The molecule has 3 rings (SSSR count). The van der Waals surface area contributed by atoms with Crippen molar-refractivity contribution in [2.75, 3.05) is 20.7 Å². The van der Waals surface area contributed by atoms with Gasteiger partial charge in [-0.1, -0.05) is 24.3 Å². The first-order chi connectivity index (χ1) is 13.0. The van der Waals surface area contributed by atoms with Crippen molar-refractivity contribution in [3.05, 3.63) is 76.3 Å². The van der Waals surface area contributed by atoms with Gasteiger partial charge >= 0.3 is 0 Å². The number of benzene rings is 1. The Kier molecular flexibility index (Phi) is 9.81. The van der Waals surface area contributed by atoms with Crippen molar-refractivity contribution < 1.29 is 4.74 Å². The highest BCUT2D eigenvalue weighted by Crippen LogP contribution is 2.17. The van der Waals surface area contributed by atoms with E-state index in [0.717, 1.165) is 18.5 Å². The van der Waals surface area contributed by atoms with Crippen LogP contribution >= 0.6 is 24.8 Å². The van der Waals surface area contributed by atoms with Crippen LogP contribution in [0.5, 0.6) is 6.01 Å². The normalized spacial score (nSPS) is 10.2. The predicted octanol–water partition coefficient (Wildman–Crippen LogP) is 3.37. The molecule has 0 atom stereocenters. The SMILES string of the molecule is CN(C)Cc1ccc(CCOc2nc(-c3ccncc3)cc(=O)n2C)cc1.Cl.Cl. The predicted molar refractivity (Wildman–Crippen MR) is 120 cm³/mol. The number of aromatic nitrogens is 3. The van der Waals surface area contributed by atoms with Gasteiger partial charge < -0.3 is 9.64 Å². The van der Waals surface area contributed by atoms with E-state index in [1.807, 2.05) is 12.1 Å². The van der Waals surface area contributed by atoms with Crippen molar-refractivity contribution in [2.24, 2.45) is 7.05 Å². The molecule has 0 radical (unpaired) electrons. The second kappa shape index (κ2) is 11.6. The number of rotatable bonds is 7. The Bertz CT molecular complexity index is 945. The second-order valence-electron chi connectivity index (χ2n) is 6.71. The summed E-state index contributed by atoms with van der Waals surface area (Å²) in [7, 11) is 5.77. The second-order valence-corrected chi connectivity index (χ2v) is 6.71. The molecule has 6 nitrogen and oxygen atoms in total. The summed E-state index contributed by atoms with van der Waals surface area (Å²) in [5.41, 5.74) is 3.74. The lowest BCUT2D eigenvalue weighted by Gasteiger charge is -2.12. The van der Waals surface area contributed by atoms with Gasteiger partial charge in [-0.15, -0.1) is 24.8 Å². The molecule has 0 aliphatic rings. The summed E-state index contributed by atoms with van der Waals surface area (Å²) in [5.74, 6) is 0. The van der Waals surface area contributed by atoms with Crippen LogP contribution in [0.15, 0.2) is 59.7 Å². The van der Waals surface area contributed by atoms with Gasteiger partial charge in [-0.3, -0.25) is 14.3 Å². The lowest BCUT2D eigenvalue weighted by Crippen LogP contribution is -2.20. The Hall–Kier alpha value is -2.41. The molecule has 0 amide bonds. The average Bonchev–Trinajstić information content (AvgIpc) is 2.66. The molecule has 1 aromatic carbocycles. The fraction of sp³-hybridized carbons (Fsp3) is 0.286. The first-order valence-electron chi connectivity index (χ1n) is 8.87. The summed E-state index contributed by atoms with van der Waals surface area (Å²) in [5, 5.41) is 0. The molecule has 0 saturated carbocycles. The summed E-state index contributed by atoms with van der Waals surface area (Å²) >= 11 is 0. The monoisotopic (exact) mass is 436 g/mol. The molecule has 2 heterocycles. The highest BCUT2D eigenvalue weighted by atomic mass is 35.5. The summed E-state index contributed by atoms with van der Waals surface area (Å²) in [6, 6.07) is 14.0. The van der Waals surface area contributed by atoms with E-state index in [4.69, 9.17) is 4.74 Å². The lowest BCUT2D eigenvalue weighted by atomic mass is 10.1. The zero-order valence-electron chi connectivity index (χ0n) is 16.7. The third kappa shape index (κ3) is 6.85. The summed E-state index contributed by atoms with van der Waals surface area (Å²) in [6.45, 7) is 1.37. The van der Waals surface area contributed by atoms with Crippen molar-refractivity contribution in [1.29, 1.82) is 0 Å². The molecule has 2 aromatic heterocycles. The van der Waals surface area contributed by atoms with Crippen LogP contribution in [0.1, 0.15) is 11.1 Å². The van der Waals surface area contributed by atoms with Crippen LogP contribution in [0.25, 0.3) is 11.3 Å². The minimum atomic E-state index is -0.153.